The van der Waals surface area contributed by atoms with Crippen molar-refractivity contribution in [1.82, 2.24) is 24.7 Å². The molecule has 6 nitrogen and oxygen atoms in total. The molecule has 0 bridgehead atoms. The number of nitrogens with zero attached hydrogens (tertiary/aromatic N) is 4. The molecule has 3 N–H and O–H groups in total. The van der Waals surface area contributed by atoms with Gasteiger partial charge in [-0.1, -0.05) is 0 Å². The van der Waals surface area contributed by atoms with Gasteiger partial charge in [-0.15, -0.1) is 0 Å². The van der Waals surface area contributed by atoms with Crippen LogP contribution in [0.25, 0.3) is 0 Å². The number of hydrogen-bond donors (Lipinski definition) is 2. The molecular formula is C9H14N6. The molecule has 15 heavy (non-hydrogen) atoms. The second-order valence-electron chi connectivity index (χ2n) is 3.53. The molecule has 0 spiro atoms. The zero-order chi connectivity index (χ0) is 10.8. The van der Waals surface area contributed by atoms with E-state index in [0.717, 1.165) is 17.3 Å². The predicted molar refractivity (Wildman–Crippen MR) is 55.0 cm³/mol. The molecule has 0 aliphatic carbocycles. The predicted octanol–water partition coefficient (Wildman–Crippen LogP) is 0.0891. The smallest absolute Gasteiger partial charge is 0.147 e. The van der Waals surface area contributed by atoms with Gasteiger partial charge < -0.3 is 10.7 Å². The molecule has 0 saturated carbocycles. The summed E-state index contributed by atoms with van der Waals surface area (Å²) in [5.41, 5.74) is 7.03. The molecule has 1 atom stereocenters. The molecule has 0 amide bonds. The van der Waals surface area contributed by atoms with Crippen molar-refractivity contribution in [3.8, 4) is 0 Å². The summed E-state index contributed by atoms with van der Waals surface area (Å²) in [5.74, 6) is 1.54. The Hall–Kier alpha value is -1.69. The Kier molecular flexibility index (Phi) is 2.51. The highest BCUT2D eigenvalue weighted by Crippen LogP contribution is 2.11. The summed E-state index contributed by atoms with van der Waals surface area (Å²) in [6.45, 7) is 1.85. The Balaban J connectivity index is 2.14. The van der Waals surface area contributed by atoms with E-state index in [9.17, 15) is 0 Å². The van der Waals surface area contributed by atoms with E-state index in [-0.39, 0.29) is 6.04 Å². The van der Waals surface area contributed by atoms with Crippen LogP contribution in [0.15, 0.2) is 12.5 Å². The van der Waals surface area contributed by atoms with Gasteiger partial charge in [0.15, 0.2) is 0 Å². The summed E-state index contributed by atoms with van der Waals surface area (Å²) < 4.78 is 1.72. The quantitative estimate of drug-likeness (QED) is 0.745. The topological polar surface area (TPSA) is 85.4 Å². The number of aromatic nitrogens is 5. The summed E-state index contributed by atoms with van der Waals surface area (Å²) in [7, 11) is 1.85. The van der Waals surface area contributed by atoms with Crippen LogP contribution < -0.4 is 5.73 Å². The Morgan fingerprint density at radius 2 is 2.40 bits per heavy atom. The van der Waals surface area contributed by atoms with Crippen LogP contribution in [-0.2, 0) is 13.5 Å². The number of rotatable bonds is 3. The van der Waals surface area contributed by atoms with Gasteiger partial charge in [-0.3, -0.25) is 4.68 Å². The maximum absolute atomic E-state index is 6.03. The fourth-order valence-corrected chi connectivity index (χ4v) is 1.58. The van der Waals surface area contributed by atoms with Crippen molar-refractivity contribution in [2.45, 2.75) is 19.4 Å². The Labute approximate surface area is 87.5 Å². The van der Waals surface area contributed by atoms with Crippen LogP contribution in [0.4, 0.5) is 0 Å². The van der Waals surface area contributed by atoms with E-state index < -0.39 is 0 Å². The monoisotopic (exact) mass is 206 g/mol. The highest BCUT2D eigenvalue weighted by molar-refractivity contribution is 5.04. The first kappa shape index (κ1) is 9.85. The zero-order valence-corrected chi connectivity index (χ0v) is 8.81. The zero-order valence-electron chi connectivity index (χ0n) is 8.81. The lowest BCUT2D eigenvalue weighted by Gasteiger charge is -2.08. The van der Waals surface area contributed by atoms with E-state index in [0.29, 0.717) is 6.42 Å². The third-order valence-corrected chi connectivity index (χ3v) is 2.23. The third kappa shape index (κ3) is 2.04. The van der Waals surface area contributed by atoms with Gasteiger partial charge in [0.2, 0.25) is 0 Å². The summed E-state index contributed by atoms with van der Waals surface area (Å²) >= 11 is 0. The van der Waals surface area contributed by atoms with E-state index in [1.165, 1.54) is 0 Å². The average molecular weight is 206 g/mol. The molecule has 2 heterocycles. The van der Waals surface area contributed by atoms with Gasteiger partial charge in [-0.25, -0.2) is 9.97 Å². The van der Waals surface area contributed by atoms with Gasteiger partial charge in [0, 0.05) is 25.4 Å². The summed E-state index contributed by atoms with van der Waals surface area (Å²) in [4.78, 5) is 11.2. The molecule has 2 aromatic rings. The largest absolute Gasteiger partial charge is 0.348 e. The minimum Gasteiger partial charge on any atom is -0.348 e. The normalized spacial score (nSPS) is 13.0. The molecule has 0 radical (unpaired) electrons. The van der Waals surface area contributed by atoms with Crippen molar-refractivity contribution in [3.63, 3.8) is 0 Å². The van der Waals surface area contributed by atoms with Crippen molar-refractivity contribution >= 4 is 0 Å². The second kappa shape index (κ2) is 3.82. The number of nitrogens with two attached hydrogens (primary N) is 1. The SMILES string of the molecule is Cc1nc(C(N)Cc2cnc[nH]2)n(C)n1. The van der Waals surface area contributed by atoms with Crippen LogP contribution in [-0.4, -0.2) is 24.7 Å². The number of imidazole rings is 1. The summed E-state index contributed by atoms with van der Waals surface area (Å²) in [5, 5.41) is 4.16. The maximum atomic E-state index is 6.03. The maximum Gasteiger partial charge on any atom is 0.147 e. The first-order valence-corrected chi connectivity index (χ1v) is 4.77. The van der Waals surface area contributed by atoms with Gasteiger partial charge in [0.1, 0.15) is 11.6 Å². The van der Waals surface area contributed by atoms with Gasteiger partial charge >= 0.3 is 0 Å². The molecule has 2 rings (SSSR count). The highest BCUT2D eigenvalue weighted by atomic mass is 15.3. The fourth-order valence-electron chi connectivity index (χ4n) is 1.58. The molecule has 0 aromatic carbocycles. The van der Waals surface area contributed by atoms with E-state index >= 15 is 0 Å². The third-order valence-electron chi connectivity index (χ3n) is 2.23. The molecule has 1 unspecified atom stereocenters. The lowest BCUT2D eigenvalue weighted by Crippen LogP contribution is -2.18. The molecule has 0 saturated heterocycles. The Bertz CT molecular complexity index is 429. The first-order valence-electron chi connectivity index (χ1n) is 4.77. The van der Waals surface area contributed by atoms with Crippen LogP contribution >= 0.6 is 0 Å². The number of H-pyrrole nitrogens is 1. The van der Waals surface area contributed by atoms with Crippen LogP contribution in [0.3, 0.4) is 0 Å². The molecule has 0 fully saturated rings. The first-order chi connectivity index (χ1) is 7.16. The van der Waals surface area contributed by atoms with E-state index in [4.69, 9.17) is 5.73 Å². The molecule has 80 valence electrons. The molecule has 6 heteroatoms. The Morgan fingerprint density at radius 1 is 1.60 bits per heavy atom. The number of aryl methyl sites for hydroxylation is 2. The lowest BCUT2D eigenvalue weighted by atomic mass is 10.1. The molecule has 0 aliphatic heterocycles. The highest BCUT2D eigenvalue weighted by Gasteiger charge is 2.14. The van der Waals surface area contributed by atoms with Crippen molar-refractivity contribution in [2.75, 3.05) is 0 Å². The van der Waals surface area contributed by atoms with Gasteiger partial charge in [-0.2, -0.15) is 5.10 Å². The summed E-state index contributed by atoms with van der Waals surface area (Å²) in [6.07, 6.45) is 4.10. The van der Waals surface area contributed by atoms with Crippen molar-refractivity contribution in [2.24, 2.45) is 12.8 Å². The van der Waals surface area contributed by atoms with Crippen LogP contribution in [0.2, 0.25) is 0 Å². The fraction of sp³-hybridized carbons (Fsp3) is 0.444. The van der Waals surface area contributed by atoms with Gasteiger partial charge in [0.25, 0.3) is 0 Å². The van der Waals surface area contributed by atoms with Crippen LogP contribution in [0.1, 0.15) is 23.4 Å². The Morgan fingerprint density at radius 3 is 2.93 bits per heavy atom. The van der Waals surface area contributed by atoms with E-state index in [1.807, 2.05) is 14.0 Å². The van der Waals surface area contributed by atoms with Gasteiger partial charge in [-0.05, 0) is 6.92 Å². The molecular weight excluding hydrogens is 192 g/mol. The lowest BCUT2D eigenvalue weighted by molar-refractivity contribution is 0.596. The number of nitrogens with one attached hydrogen (secondary N) is 1. The second-order valence-corrected chi connectivity index (χ2v) is 3.53. The summed E-state index contributed by atoms with van der Waals surface area (Å²) in [6, 6.07) is -0.156. The minimum absolute atomic E-state index is 0.156. The van der Waals surface area contributed by atoms with Crippen LogP contribution in [0.5, 0.6) is 0 Å². The van der Waals surface area contributed by atoms with Crippen molar-refractivity contribution in [1.29, 1.82) is 0 Å². The minimum atomic E-state index is -0.156. The van der Waals surface area contributed by atoms with Gasteiger partial charge in [0.05, 0.1) is 12.4 Å². The van der Waals surface area contributed by atoms with Crippen molar-refractivity contribution < 1.29 is 0 Å². The standard InChI is InChI=1S/C9H14N6/c1-6-13-9(15(2)14-6)8(10)3-7-4-11-5-12-7/h4-5,8H,3,10H2,1-2H3,(H,11,12). The van der Waals surface area contributed by atoms with Crippen molar-refractivity contribution in [3.05, 3.63) is 29.9 Å². The number of aromatic amines is 1. The van der Waals surface area contributed by atoms with E-state index in [1.54, 1.807) is 17.2 Å². The van der Waals surface area contributed by atoms with E-state index in [2.05, 4.69) is 20.1 Å². The average Bonchev–Trinajstić information content (AvgIpc) is 2.75. The van der Waals surface area contributed by atoms with Crippen LogP contribution in [0, 0.1) is 6.92 Å². The molecule has 0 aliphatic rings. The number of hydrogen-bond acceptors (Lipinski definition) is 4. The molecule has 2 aromatic heterocycles.